The lowest BCUT2D eigenvalue weighted by molar-refractivity contribution is 0.481. The number of benzene rings is 2. The normalized spacial score (nSPS) is 19.7. The van der Waals surface area contributed by atoms with Crippen LogP contribution >= 0.6 is 24.2 Å². The van der Waals surface area contributed by atoms with Crippen LogP contribution in [-0.4, -0.2) is 19.3 Å². The Kier molecular flexibility index (Phi) is 6.44. The number of amidine groups is 1. The molecule has 0 aliphatic carbocycles. The van der Waals surface area contributed by atoms with Gasteiger partial charge in [-0.25, -0.2) is 12.8 Å². The van der Waals surface area contributed by atoms with Gasteiger partial charge in [0.25, 0.3) is 10.0 Å². The molecule has 0 saturated carbocycles. The zero-order valence-electron chi connectivity index (χ0n) is 14.9. The fourth-order valence-corrected chi connectivity index (χ4v) is 4.79. The number of sulfonamides is 1. The summed E-state index contributed by atoms with van der Waals surface area (Å²) in [5, 5.41) is 0.477. The molecule has 0 amide bonds. The summed E-state index contributed by atoms with van der Waals surface area (Å²) in [5.41, 5.74) is 6.78. The maximum absolute atomic E-state index is 14.3. The van der Waals surface area contributed by atoms with Crippen LogP contribution in [0.3, 0.4) is 0 Å². The fourth-order valence-electron chi connectivity index (χ4n) is 2.75. The lowest BCUT2D eigenvalue weighted by atomic mass is 9.89. The zero-order chi connectivity index (χ0) is 18.9. The maximum Gasteiger partial charge on any atom is 0.261 e. The number of nitrogens with one attached hydrogen (secondary N) is 1. The van der Waals surface area contributed by atoms with Crippen molar-refractivity contribution >= 4 is 45.0 Å². The predicted octanol–water partition coefficient (Wildman–Crippen LogP) is 4.02. The van der Waals surface area contributed by atoms with Gasteiger partial charge in [0.05, 0.1) is 16.1 Å². The van der Waals surface area contributed by atoms with Crippen molar-refractivity contribution in [2.75, 3.05) is 10.5 Å². The van der Waals surface area contributed by atoms with E-state index in [2.05, 4.69) is 9.71 Å². The number of hydrogen-bond acceptors (Lipinski definition) is 5. The first-order chi connectivity index (χ1) is 12.2. The van der Waals surface area contributed by atoms with Crippen molar-refractivity contribution in [1.29, 1.82) is 0 Å². The summed E-state index contributed by atoms with van der Waals surface area (Å²) in [5.74, 6) is 0.156. The van der Waals surface area contributed by atoms with Crippen molar-refractivity contribution in [3.63, 3.8) is 0 Å². The highest BCUT2D eigenvalue weighted by Crippen LogP contribution is 2.36. The maximum atomic E-state index is 14.3. The van der Waals surface area contributed by atoms with Gasteiger partial charge in [-0.15, -0.1) is 12.4 Å². The quantitative estimate of drug-likeness (QED) is 0.768. The van der Waals surface area contributed by atoms with Crippen LogP contribution in [-0.2, 0) is 15.6 Å². The van der Waals surface area contributed by atoms with Crippen LogP contribution in [0.2, 0.25) is 0 Å². The Hall–Kier alpha value is -1.77. The van der Waals surface area contributed by atoms with E-state index in [4.69, 9.17) is 5.73 Å². The molecule has 3 rings (SSSR count). The molecule has 0 saturated heterocycles. The van der Waals surface area contributed by atoms with E-state index < -0.39 is 21.4 Å². The van der Waals surface area contributed by atoms with Crippen molar-refractivity contribution in [2.45, 2.75) is 30.7 Å². The first-order valence-electron chi connectivity index (χ1n) is 8.07. The third kappa shape index (κ3) is 4.75. The van der Waals surface area contributed by atoms with E-state index in [9.17, 15) is 12.8 Å². The van der Waals surface area contributed by atoms with E-state index in [1.165, 1.54) is 36.0 Å². The molecule has 2 aromatic rings. The van der Waals surface area contributed by atoms with Crippen LogP contribution in [0.5, 0.6) is 0 Å². The second-order valence-corrected chi connectivity index (χ2v) is 9.23. The van der Waals surface area contributed by atoms with Crippen molar-refractivity contribution in [2.24, 2.45) is 10.7 Å². The van der Waals surface area contributed by atoms with Crippen LogP contribution in [0.4, 0.5) is 10.1 Å². The van der Waals surface area contributed by atoms with Gasteiger partial charge in [-0.1, -0.05) is 35.5 Å². The third-order valence-corrected chi connectivity index (χ3v) is 6.54. The summed E-state index contributed by atoms with van der Waals surface area (Å²) in [6.07, 6.45) is 0.730. The first kappa shape index (κ1) is 21.5. The highest BCUT2D eigenvalue weighted by atomic mass is 35.5. The summed E-state index contributed by atoms with van der Waals surface area (Å²) < 4.78 is 41.7. The second kappa shape index (κ2) is 8.08. The molecule has 1 atom stereocenters. The highest BCUT2D eigenvalue weighted by molar-refractivity contribution is 8.13. The molecule has 0 bridgehead atoms. The number of anilines is 1. The molecule has 1 aliphatic heterocycles. The number of aryl methyl sites for hydroxylation is 1. The summed E-state index contributed by atoms with van der Waals surface area (Å²) in [6, 6.07) is 10.7. The molecule has 1 aliphatic rings. The third-order valence-electron chi connectivity index (χ3n) is 4.36. The van der Waals surface area contributed by atoms with E-state index in [1.807, 2.05) is 13.8 Å². The average molecular weight is 430 g/mol. The van der Waals surface area contributed by atoms with Gasteiger partial charge in [0.2, 0.25) is 0 Å². The summed E-state index contributed by atoms with van der Waals surface area (Å²) in [6.45, 7) is 3.77. The van der Waals surface area contributed by atoms with Gasteiger partial charge in [-0.3, -0.25) is 9.71 Å². The molecule has 146 valence electrons. The molecule has 3 N–H and O–H groups in total. The first-order valence-corrected chi connectivity index (χ1v) is 10.5. The van der Waals surface area contributed by atoms with Crippen molar-refractivity contribution in [3.8, 4) is 0 Å². The lowest BCUT2D eigenvalue weighted by Gasteiger charge is -2.30. The summed E-state index contributed by atoms with van der Waals surface area (Å²) >= 11 is 1.47. The van der Waals surface area contributed by atoms with Crippen molar-refractivity contribution in [1.82, 2.24) is 0 Å². The van der Waals surface area contributed by atoms with Gasteiger partial charge in [0.1, 0.15) is 5.82 Å². The smallest absolute Gasteiger partial charge is 0.261 e. The summed E-state index contributed by atoms with van der Waals surface area (Å²) in [7, 11) is -3.89. The van der Waals surface area contributed by atoms with Crippen LogP contribution in [0, 0.1) is 12.7 Å². The molecule has 1 unspecified atom stereocenters. The molecule has 0 fully saturated rings. The minimum Gasteiger partial charge on any atom is -0.379 e. The van der Waals surface area contributed by atoms with Crippen molar-refractivity contribution < 1.29 is 12.8 Å². The molecular formula is C18H21ClFN3O2S2. The number of nitrogens with zero attached hydrogens (tertiary/aromatic N) is 1. The highest BCUT2D eigenvalue weighted by Gasteiger charge is 2.30. The number of hydrogen-bond donors (Lipinski definition) is 2. The van der Waals surface area contributed by atoms with E-state index in [0.29, 0.717) is 10.7 Å². The molecular weight excluding hydrogens is 409 g/mol. The Balaban J connectivity index is 0.00000261. The molecule has 1 heterocycles. The number of halogens is 2. The largest absolute Gasteiger partial charge is 0.379 e. The molecule has 9 heteroatoms. The van der Waals surface area contributed by atoms with Crippen LogP contribution in [0.1, 0.15) is 24.5 Å². The SMILES string of the molecule is Cc1ccc(S(=O)(=O)Nc2cc(C3(C)CCSC(N)=N3)ccc2F)cc1.Cl. The number of rotatable bonds is 4. The molecule has 0 spiro atoms. The minimum atomic E-state index is -3.89. The number of aliphatic imine (C=N–C) groups is 1. The van der Waals surface area contributed by atoms with Gasteiger partial charge >= 0.3 is 0 Å². The Morgan fingerprint density at radius 2 is 1.89 bits per heavy atom. The van der Waals surface area contributed by atoms with E-state index >= 15 is 0 Å². The zero-order valence-corrected chi connectivity index (χ0v) is 17.3. The van der Waals surface area contributed by atoms with Gasteiger partial charge in [-0.05, 0) is 50.1 Å². The second-order valence-electron chi connectivity index (χ2n) is 6.44. The van der Waals surface area contributed by atoms with Crippen LogP contribution < -0.4 is 10.5 Å². The Morgan fingerprint density at radius 3 is 2.52 bits per heavy atom. The number of thioether (sulfide) groups is 1. The molecule has 5 nitrogen and oxygen atoms in total. The molecule has 0 aromatic heterocycles. The monoisotopic (exact) mass is 429 g/mol. The summed E-state index contributed by atoms with van der Waals surface area (Å²) in [4.78, 5) is 4.56. The van der Waals surface area contributed by atoms with Crippen LogP contribution in [0.25, 0.3) is 0 Å². The Labute approximate surface area is 169 Å². The topological polar surface area (TPSA) is 84.5 Å². The standard InChI is InChI=1S/C18H20FN3O2S2.ClH/c1-12-3-6-14(7-4-12)26(23,24)22-16-11-13(5-8-15(16)19)18(2)9-10-25-17(20)21-18;/h3-8,11,22H,9-10H2,1-2H3,(H2,20,21);1H. The van der Waals surface area contributed by atoms with E-state index in [0.717, 1.165) is 17.7 Å². The molecule has 27 heavy (non-hydrogen) atoms. The van der Waals surface area contributed by atoms with Gasteiger partial charge in [-0.2, -0.15) is 0 Å². The molecule has 0 radical (unpaired) electrons. The van der Waals surface area contributed by atoms with Crippen molar-refractivity contribution in [3.05, 3.63) is 59.4 Å². The Bertz CT molecular complexity index is 965. The average Bonchev–Trinajstić information content (AvgIpc) is 2.57. The minimum absolute atomic E-state index is 0. The molecule has 2 aromatic carbocycles. The fraction of sp³-hybridized carbons (Fsp3) is 0.278. The van der Waals surface area contributed by atoms with Crippen LogP contribution in [0.15, 0.2) is 52.4 Å². The van der Waals surface area contributed by atoms with Gasteiger partial charge in [0, 0.05) is 5.75 Å². The lowest BCUT2D eigenvalue weighted by Crippen LogP contribution is -2.29. The predicted molar refractivity (Wildman–Crippen MR) is 112 cm³/mol. The Morgan fingerprint density at radius 1 is 1.22 bits per heavy atom. The van der Waals surface area contributed by atoms with Gasteiger partial charge < -0.3 is 5.73 Å². The van der Waals surface area contributed by atoms with E-state index in [-0.39, 0.29) is 23.0 Å². The number of nitrogens with two attached hydrogens (primary N) is 1. The van der Waals surface area contributed by atoms with Gasteiger partial charge in [0.15, 0.2) is 5.17 Å². The van der Waals surface area contributed by atoms with E-state index in [1.54, 1.807) is 18.2 Å².